The van der Waals surface area contributed by atoms with E-state index < -0.39 is 0 Å². The third kappa shape index (κ3) is 4.39. The lowest BCUT2D eigenvalue weighted by atomic mass is 10.2. The van der Waals surface area contributed by atoms with Gasteiger partial charge >= 0.3 is 0 Å². The molecule has 0 fully saturated rings. The van der Waals surface area contributed by atoms with Crippen LogP contribution in [-0.4, -0.2) is 6.04 Å². The molecule has 2 rings (SSSR count). The molecule has 1 nitrogen and oxygen atoms in total. The van der Waals surface area contributed by atoms with Gasteiger partial charge in [0.25, 0.3) is 0 Å². The highest BCUT2D eigenvalue weighted by Gasteiger charge is 2.02. The quantitative estimate of drug-likeness (QED) is 0.834. The maximum atomic E-state index is 3.44. The molecule has 0 aliphatic carbocycles. The van der Waals surface area contributed by atoms with Gasteiger partial charge in [-0.1, -0.05) is 49.9 Å². The molecule has 2 aromatic carbocycles. The SMILES string of the molecule is Cc1ccc(C)c(Sc2ccc(CNC(C)C)cc2)c1. The molecule has 0 aliphatic rings. The van der Waals surface area contributed by atoms with Crippen LogP contribution in [0.1, 0.15) is 30.5 Å². The van der Waals surface area contributed by atoms with Crippen molar-refractivity contribution in [3.05, 3.63) is 59.2 Å². The van der Waals surface area contributed by atoms with Crippen LogP contribution in [0.15, 0.2) is 52.3 Å². The van der Waals surface area contributed by atoms with Crippen molar-refractivity contribution in [2.24, 2.45) is 0 Å². The highest BCUT2D eigenvalue weighted by atomic mass is 32.2. The molecule has 0 unspecified atom stereocenters. The fraction of sp³-hybridized carbons (Fsp3) is 0.333. The third-order valence-corrected chi connectivity index (χ3v) is 4.38. The summed E-state index contributed by atoms with van der Waals surface area (Å²) in [7, 11) is 0. The van der Waals surface area contributed by atoms with Crippen LogP contribution >= 0.6 is 11.8 Å². The Kier molecular flexibility index (Phi) is 5.27. The van der Waals surface area contributed by atoms with Crippen molar-refractivity contribution in [3.63, 3.8) is 0 Å². The van der Waals surface area contributed by atoms with Crippen molar-refractivity contribution < 1.29 is 0 Å². The first kappa shape index (κ1) is 15.1. The Hall–Kier alpha value is -1.25. The minimum Gasteiger partial charge on any atom is -0.310 e. The Morgan fingerprint density at radius 2 is 1.70 bits per heavy atom. The lowest BCUT2D eigenvalue weighted by Crippen LogP contribution is -2.21. The summed E-state index contributed by atoms with van der Waals surface area (Å²) in [4.78, 5) is 2.64. The fourth-order valence-corrected chi connectivity index (χ4v) is 2.94. The molecule has 0 radical (unpaired) electrons. The van der Waals surface area contributed by atoms with E-state index in [9.17, 15) is 0 Å². The fourth-order valence-electron chi connectivity index (χ4n) is 1.94. The third-order valence-electron chi connectivity index (χ3n) is 3.21. The summed E-state index contributed by atoms with van der Waals surface area (Å²) < 4.78 is 0. The molecule has 0 bridgehead atoms. The zero-order chi connectivity index (χ0) is 14.5. The van der Waals surface area contributed by atoms with Crippen LogP contribution < -0.4 is 5.32 Å². The Balaban J connectivity index is 2.05. The Labute approximate surface area is 126 Å². The molecule has 2 heteroatoms. The molecule has 0 atom stereocenters. The Morgan fingerprint density at radius 1 is 1.00 bits per heavy atom. The number of aryl methyl sites for hydroxylation is 2. The molecule has 0 aliphatic heterocycles. The average molecular weight is 285 g/mol. The summed E-state index contributed by atoms with van der Waals surface area (Å²) in [5.74, 6) is 0. The van der Waals surface area contributed by atoms with E-state index >= 15 is 0 Å². The van der Waals surface area contributed by atoms with E-state index in [1.165, 1.54) is 26.5 Å². The van der Waals surface area contributed by atoms with Crippen LogP contribution in [-0.2, 0) is 6.54 Å². The van der Waals surface area contributed by atoms with Gasteiger partial charge in [0.15, 0.2) is 0 Å². The molecule has 106 valence electrons. The van der Waals surface area contributed by atoms with Crippen LogP contribution in [0.2, 0.25) is 0 Å². The molecule has 0 aromatic heterocycles. The predicted molar refractivity (Wildman–Crippen MR) is 88.5 cm³/mol. The molecule has 0 spiro atoms. The van der Waals surface area contributed by atoms with Gasteiger partial charge in [-0.25, -0.2) is 0 Å². The van der Waals surface area contributed by atoms with E-state index in [0.717, 1.165) is 6.54 Å². The Bertz CT molecular complexity index is 558. The Morgan fingerprint density at radius 3 is 2.35 bits per heavy atom. The van der Waals surface area contributed by atoms with Crippen LogP contribution in [0, 0.1) is 13.8 Å². The molecule has 0 amide bonds. The first-order chi connectivity index (χ1) is 9.54. The van der Waals surface area contributed by atoms with Gasteiger partial charge in [0, 0.05) is 22.4 Å². The van der Waals surface area contributed by atoms with Gasteiger partial charge in [-0.3, -0.25) is 0 Å². The maximum absolute atomic E-state index is 3.44. The van der Waals surface area contributed by atoms with Crippen molar-refractivity contribution in [2.45, 2.75) is 50.1 Å². The second-order valence-electron chi connectivity index (χ2n) is 5.55. The summed E-state index contributed by atoms with van der Waals surface area (Å²) in [6.45, 7) is 9.59. The van der Waals surface area contributed by atoms with Gasteiger partial charge < -0.3 is 5.32 Å². The lowest BCUT2D eigenvalue weighted by molar-refractivity contribution is 0.588. The molecule has 20 heavy (non-hydrogen) atoms. The molecule has 2 aromatic rings. The summed E-state index contributed by atoms with van der Waals surface area (Å²) >= 11 is 1.84. The zero-order valence-corrected chi connectivity index (χ0v) is 13.6. The van der Waals surface area contributed by atoms with Gasteiger partial charge in [-0.15, -0.1) is 0 Å². The number of rotatable bonds is 5. The molecule has 1 N–H and O–H groups in total. The average Bonchev–Trinajstić information content (AvgIpc) is 2.42. The van der Waals surface area contributed by atoms with Crippen LogP contribution in [0.25, 0.3) is 0 Å². The van der Waals surface area contributed by atoms with E-state index in [4.69, 9.17) is 0 Å². The smallest absolute Gasteiger partial charge is 0.0207 e. The molecular weight excluding hydrogens is 262 g/mol. The number of benzene rings is 2. The lowest BCUT2D eigenvalue weighted by Gasteiger charge is -2.10. The summed E-state index contributed by atoms with van der Waals surface area (Å²) in [5.41, 5.74) is 3.99. The topological polar surface area (TPSA) is 12.0 Å². The first-order valence-electron chi connectivity index (χ1n) is 7.12. The van der Waals surface area contributed by atoms with Gasteiger partial charge in [0.05, 0.1) is 0 Å². The maximum Gasteiger partial charge on any atom is 0.0207 e. The van der Waals surface area contributed by atoms with Crippen LogP contribution in [0.5, 0.6) is 0 Å². The molecule has 0 saturated heterocycles. The zero-order valence-electron chi connectivity index (χ0n) is 12.7. The van der Waals surface area contributed by atoms with E-state index in [1.807, 2.05) is 11.8 Å². The number of hydrogen-bond acceptors (Lipinski definition) is 2. The van der Waals surface area contributed by atoms with Crippen molar-refractivity contribution >= 4 is 11.8 Å². The molecule has 0 heterocycles. The molecule has 0 saturated carbocycles. The van der Waals surface area contributed by atoms with Crippen LogP contribution in [0.3, 0.4) is 0 Å². The molecular formula is C18H23NS. The summed E-state index contributed by atoms with van der Waals surface area (Å²) in [6.07, 6.45) is 0. The number of hydrogen-bond donors (Lipinski definition) is 1. The minimum absolute atomic E-state index is 0.527. The highest BCUT2D eigenvalue weighted by molar-refractivity contribution is 7.99. The summed E-state index contributed by atoms with van der Waals surface area (Å²) in [5, 5.41) is 3.44. The van der Waals surface area contributed by atoms with Gasteiger partial charge in [-0.05, 0) is 48.7 Å². The highest BCUT2D eigenvalue weighted by Crippen LogP contribution is 2.31. The standard InChI is InChI=1S/C18H23NS/c1-13(2)19-12-16-7-9-17(10-8-16)20-18-11-14(3)5-6-15(18)4/h5-11,13,19H,12H2,1-4H3. The van der Waals surface area contributed by atoms with Gasteiger partial charge in [-0.2, -0.15) is 0 Å². The van der Waals surface area contributed by atoms with E-state index in [2.05, 4.69) is 75.5 Å². The number of nitrogens with one attached hydrogen (secondary N) is 1. The largest absolute Gasteiger partial charge is 0.310 e. The van der Waals surface area contributed by atoms with Crippen molar-refractivity contribution in [1.82, 2.24) is 5.32 Å². The summed E-state index contributed by atoms with van der Waals surface area (Å²) in [6, 6.07) is 16.0. The first-order valence-corrected chi connectivity index (χ1v) is 7.93. The minimum atomic E-state index is 0.527. The van der Waals surface area contributed by atoms with Crippen molar-refractivity contribution in [2.75, 3.05) is 0 Å². The van der Waals surface area contributed by atoms with E-state index in [-0.39, 0.29) is 0 Å². The second-order valence-corrected chi connectivity index (χ2v) is 6.67. The van der Waals surface area contributed by atoms with Gasteiger partial charge in [0.1, 0.15) is 0 Å². The van der Waals surface area contributed by atoms with Gasteiger partial charge in [0.2, 0.25) is 0 Å². The predicted octanol–water partition coefficient (Wildman–Crippen LogP) is 4.95. The second kappa shape index (κ2) is 6.96. The van der Waals surface area contributed by atoms with E-state index in [1.54, 1.807) is 0 Å². The van der Waals surface area contributed by atoms with E-state index in [0.29, 0.717) is 6.04 Å². The van der Waals surface area contributed by atoms with Crippen molar-refractivity contribution in [3.8, 4) is 0 Å². The monoisotopic (exact) mass is 285 g/mol. The normalized spacial score (nSPS) is 11.1. The van der Waals surface area contributed by atoms with Crippen molar-refractivity contribution in [1.29, 1.82) is 0 Å². The van der Waals surface area contributed by atoms with Crippen LogP contribution in [0.4, 0.5) is 0 Å².